The van der Waals surface area contributed by atoms with E-state index in [-0.39, 0.29) is 35.0 Å². The third-order valence-corrected chi connectivity index (χ3v) is 5.55. The summed E-state index contributed by atoms with van der Waals surface area (Å²) in [6, 6.07) is 4.81. The average molecular weight is 428 g/mol. The number of esters is 1. The summed E-state index contributed by atoms with van der Waals surface area (Å²) in [5.74, 6) is -0.712. The van der Waals surface area contributed by atoms with Gasteiger partial charge in [-0.25, -0.2) is 9.90 Å². The molecule has 0 spiro atoms. The number of benzene rings is 1. The molecule has 1 aliphatic heterocycles. The van der Waals surface area contributed by atoms with Crippen LogP contribution in [-0.4, -0.2) is 35.9 Å². The molecule has 0 unspecified atom stereocenters. The van der Waals surface area contributed by atoms with Gasteiger partial charge >= 0.3 is 5.97 Å². The molecule has 0 aromatic heterocycles. The van der Waals surface area contributed by atoms with E-state index in [2.05, 4.69) is 0 Å². The molecule has 1 aliphatic carbocycles. The van der Waals surface area contributed by atoms with E-state index in [4.69, 9.17) is 37.5 Å². The van der Waals surface area contributed by atoms with Crippen molar-refractivity contribution in [3.05, 3.63) is 39.6 Å². The second-order valence-corrected chi connectivity index (χ2v) is 8.12. The molecule has 1 aromatic carbocycles. The van der Waals surface area contributed by atoms with Gasteiger partial charge in [-0.3, -0.25) is 9.59 Å². The number of halogens is 2. The van der Waals surface area contributed by atoms with Crippen molar-refractivity contribution in [2.24, 2.45) is 5.92 Å². The summed E-state index contributed by atoms with van der Waals surface area (Å²) < 4.78 is 11.0. The number of hydroxylamine groups is 2. The SMILES string of the molecule is CCOCON1C(=O)C(c2ccc(Cl)cc2Cl)=C(OC(=O)C2CCC2)C1(C)C. The Morgan fingerprint density at radius 2 is 2.00 bits per heavy atom. The van der Waals surface area contributed by atoms with Crippen LogP contribution < -0.4 is 0 Å². The van der Waals surface area contributed by atoms with Gasteiger partial charge in [-0.05, 0) is 45.7 Å². The Kier molecular flexibility index (Phi) is 6.34. The molecule has 0 atom stereocenters. The third kappa shape index (κ3) is 3.92. The Hall–Kier alpha value is -1.60. The maximum Gasteiger partial charge on any atom is 0.314 e. The van der Waals surface area contributed by atoms with Gasteiger partial charge in [-0.15, -0.1) is 0 Å². The lowest BCUT2D eigenvalue weighted by molar-refractivity contribution is -0.243. The molecule has 1 heterocycles. The van der Waals surface area contributed by atoms with Crippen molar-refractivity contribution in [2.45, 2.75) is 45.6 Å². The van der Waals surface area contributed by atoms with Crippen LogP contribution in [0.25, 0.3) is 5.57 Å². The molecule has 0 N–H and O–H groups in total. The maximum absolute atomic E-state index is 13.2. The van der Waals surface area contributed by atoms with Gasteiger partial charge in [0.05, 0.1) is 16.5 Å². The predicted molar refractivity (Wildman–Crippen MR) is 105 cm³/mol. The van der Waals surface area contributed by atoms with Crippen LogP contribution in [0.3, 0.4) is 0 Å². The Balaban J connectivity index is 2.02. The molecular formula is C20H23Cl2NO5. The normalized spacial score (nSPS) is 19.2. The van der Waals surface area contributed by atoms with Crippen LogP contribution in [0.4, 0.5) is 0 Å². The molecule has 1 amide bonds. The molecule has 1 fully saturated rings. The van der Waals surface area contributed by atoms with Crippen molar-refractivity contribution in [3.8, 4) is 0 Å². The van der Waals surface area contributed by atoms with Crippen LogP contribution in [0.1, 0.15) is 45.6 Å². The van der Waals surface area contributed by atoms with Crippen molar-refractivity contribution in [1.29, 1.82) is 0 Å². The van der Waals surface area contributed by atoms with E-state index >= 15 is 0 Å². The number of nitrogens with zero attached hydrogens (tertiary/aromatic N) is 1. The zero-order valence-corrected chi connectivity index (χ0v) is 17.6. The molecule has 28 heavy (non-hydrogen) atoms. The van der Waals surface area contributed by atoms with Gasteiger partial charge in [0, 0.05) is 17.2 Å². The lowest BCUT2D eigenvalue weighted by Gasteiger charge is -2.32. The van der Waals surface area contributed by atoms with Crippen LogP contribution in [0.15, 0.2) is 24.0 Å². The van der Waals surface area contributed by atoms with E-state index in [1.165, 1.54) is 5.06 Å². The minimum absolute atomic E-state index is 0.100. The van der Waals surface area contributed by atoms with Gasteiger partial charge in [0.2, 0.25) is 0 Å². The molecular weight excluding hydrogens is 405 g/mol. The number of carbonyl (C=O) groups excluding carboxylic acids is 2. The highest BCUT2D eigenvalue weighted by Gasteiger charge is 2.50. The molecule has 0 radical (unpaired) electrons. The summed E-state index contributed by atoms with van der Waals surface area (Å²) >= 11 is 12.3. The minimum atomic E-state index is -1.02. The Morgan fingerprint density at radius 3 is 2.57 bits per heavy atom. The summed E-state index contributed by atoms with van der Waals surface area (Å²) in [5, 5.41) is 1.90. The first-order chi connectivity index (χ1) is 13.3. The highest BCUT2D eigenvalue weighted by Crippen LogP contribution is 2.44. The Bertz CT molecular complexity index is 817. The minimum Gasteiger partial charge on any atom is -0.427 e. The van der Waals surface area contributed by atoms with Gasteiger partial charge in [-0.2, -0.15) is 0 Å². The van der Waals surface area contributed by atoms with Crippen molar-refractivity contribution >= 4 is 40.7 Å². The molecule has 2 aliphatic rings. The largest absolute Gasteiger partial charge is 0.427 e. The number of rotatable bonds is 7. The van der Waals surface area contributed by atoms with Crippen molar-refractivity contribution in [2.75, 3.05) is 13.4 Å². The first-order valence-electron chi connectivity index (χ1n) is 9.24. The van der Waals surface area contributed by atoms with Crippen LogP contribution in [0.5, 0.6) is 0 Å². The fraction of sp³-hybridized carbons (Fsp3) is 0.500. The van der Waals surface area contributed by atoms with Crippen molar-refractivity contribution < 1.29 is 23.9 Å². The van der Waals surface area contributed by atoms with E-state index < -0.39 is 11.4 Å². The fourth-order valence-electron chi connectivity index (χ4n) is 3.18. The fourth-order valence-corrected chi connectivity index (χ4v) is 3.68. The van der Waals surface area contributed by atoms with Crippen molar-refractivity contribution in [1.82, 2.24) is 5.06 Å². The quantitative estimate of drug-likeness (QED) is 0.361. The van der Waals surface area contributed by atoms with Crippen LogP contribution in [0, 0.1) is 5.92 Å². The predicted octanol–water partition coefficient (Wildman–Crippen LogP) is 4.59. The Morgan fingerprint density at radius 1 is 1.29 bits per heavy atom. The highest BCUT2D eigenvalue weighted by atomic mass is 35.5. The van der Waals surface area contributed by atoms with E-state index in [9.17, 15) is 9.59 Å². The highest BCUT2D eigenvalue weighted by molar-refractivity contribution is 6.37. The molecule has 1 saturated carbocycles. The second kappa shape index (κ2) is 8.41. The molecule has 0 bridgehead atoms. The summed E-state index contributed by atoms with van der Waals surface area (Å²) in [4.78, 5) is 31.3. The van der Waals surface area contributed by atoms with Crippen LogP contribution in [0.2, 0.25) is 10.0 Å². The molecule has 3 rings (SSSR count). The average Bonchev–Trinajstić information content (AvgIpc) is 2.74. The first kappa shape index (κ1) is 21.1. The van der Waals surface area contributed by atoms with E-state index in [0.29, 0.717) is 17.2 Å². The summed E-state index contributed by atoms with van der Waals surface area (Å²) in [6.45, 7) is 5.66. The number of amides is 1. The zero-order valence-electron chi connectivity index (χ0n) is 16.1. The van der Waals surface area contributed by atoms with Gasteiger partial charge in [0.1, 0.15) is 11.3 Å². The third-order valence-electron chi connectivity index (χ3n) is 5.00. The summed E-state index contributed by atoms with van der Waals surface area (Å²) in [6.07, 6.45) is 2.59. The lowest BCUT2D eigenvalue weighted by Crippen LogP contribution is -2.45. The summed E-state index contributed by atoms with van der Waals surface area (Å²) in [5.41, 5.74) is -0.398. The second-order valence-electron chi connectivity index (χ2n) is 7.28. The number of hydrogen-bond acceptors (Lipinski definition) is 5. The van der Waals surface area contributed by atoms with E-state index in [1.807, 2.05) is 6.92 Å². The lowest BCUT2D eigenvalue weighted by atomic mass is 9.85. The number of carbonyl (C=O) groups is 2. The molecule has 0 saturated heterocycles. The van der Waals surface area contributed by atoms with Crippen molar-refractivity contribution in [3.63, 3.8) is 0 Å². The van der Waals surface area contributed by atoms with Crippen LogP contribution in [-0.2, 0) is 23.9 Å². The van der Waals surface area contributed by atoms with Gasteiger partial charge in [0.25, 0.3) is 5.91 Å². The topological polar surface area (TPSA) is 65.1 Å². The van der Waals surface area contributed by atoms with Crippen LogP contribution >= 0.6 is 23.2 Å². The number of ether oxygens (including phenoxy) is 2. The molecule has 6 nitrogen and oxygen atoms in total. The zero-order chi connectivity index (χ0) is 20.5. The standard InChI is InChI=1S/C20H23Cl2NO5/c1-4-26-11-27-23-18(24)16(14-9-8-13(21)10-15(14)22)17(20(23,2)3)28-19(25)12-6-5-7-12/h8-10,12H,4-7,11H2,1-3H3. The van der Waals surface area contributed by atoms with Gasteiger partial charge in [0.15, 0.2) is 6.79 Å². The number of hydrogen-bond donors (Lipinski definition) is 0. The van der Waals surface area contributed by atoms with Gasteiger partial charge in [-0.1, -0.05) is 35.7 Å². The smallest absolute Gasteiger partial charge is 0.314 e. The molecule has 1 aromatic rings. The van der Waals surface area contributed by atoms with E-state index in [1.54, 1.807) is 32.0 Å². The monoisotopic (exact) mass is 427 g/mol. The molecule has 152 valence electrons. The maximum atomic E-state index is 13.2. The van der Waals surface area contributed by atoms with E-state index in [0.717, 1.165) is 19.3 Å². The summed E-state index contributed by atoms with van der Waals surface area (Å²) in [7, 11) is 0. The molecule has 8 heteroatoms. The first-order valence-corrected chi connectivity index (χ1v) is 10.00. The Labute approximate surface area is 174 Å². The van der Waals surface area contributed by atoms with Gasteiger partial charge < -0.3 is 9.47 Å².